The fraction of sp³-hybridized carbons (Fsp3) is 0.500. The van der Waals surface area contributed by atoms with E-state index in [4.69, 9.17) is 9.72 Å². The summed E-state index contributed by atoms with van der Waals surface area (Å²) < 4.78 is 7.00. The minimum absolute atomic E-state index is 0.0766. The third kappa shape index (κ3) is 6.17. The van der Waals surface area contributed by atoms with Crippen LogP contribution in [0.4, 0.5) is 5.95 Å². The standard InChI is InChI=1S/C28H36N6O3/c1-20-24-11-12-25(35)34(26(24)32-28(31-20)29-13-14-33-15-17-37-18-16-33)23-9-7-22(8-10-23)27(36)30-19-21-5-3-2-4-6-21/h7-12,21H,2-6,13-19H2,1H3,(H,30,36)(H,29,31,32). The first kappa shape index (κ1) is 25.4. The summed E-state index contributed by atoms with van der Waals surface area (Å²) >= 11 is 0. The second kappa shape index (κ2) is 11.8. The number of ether oxygens (including phenoxy) is 1. The van der Waals surface area contributed by atoms with Gasteiger partial charge in [0.1, 0.15) is 0 Å². The number of carbonyl (C=O) groups excluding carboxylic acids is 1. The largest absolute Gasteiger partial charge is 0.379 e. The van der Waals surface area contributed by atoms with Crippen molar-refractivity contribution in [1.82, 2.24) is 24.8 Å². The monoisotopic (exact) mass is 504 g/mol. The highest BCUT2D eigenvalue weighted by Gasteiger charge is 2.16. The molecule has 3 aromatic rings. The lowest BCUT2D eigenvalue weighted by molar-refractivity contribution is 0.0398. The zero-order valence-electron chi connectivity index (χ0n) is 21.5. The normalized spacial score (nSPS) is 17.1. The van der Waals surface area contributed by atoms with E-state index in [-0.39, 0.29) is 11.5 Å². The van der Waals surface area contributed by atoms with E-state index in [1.165, 1.54) is 38.2 Å². The third-order valence-corrected chi connectivity index (χ3v) is 7.42. The molecule has 9 heteroatoms. The van der Waals surface area contributed by atoms with Crippen LogP contribution in [0.2, 0.25) is 0 Å². The number of amides is 1. The number of carbonyl (C=O) groups is 1. The summed E-state index contributed by atoms with van der Waals surface area (Å²) in [4.78, 5) is 37.3. The van der Waals surface area contributed by atoms with Crippen molar-refractivity contribution in [3.63, 3.8) is 0 Å². The van der Waals surface area contributed by atoms with Crippen LogP contribution >= 0.6 is 0 Å². The van der Waals surface area contributed by atoms with Crippen LogP contribution in [-0.4, -0.2) is 71.3 Å². The van der Waals surface area contributed by atoms with E-state index in [2.05, 4.69) is 20.5 Å². The smallest absolute Gasteiger partial charge is 0.256 e. The van der Waals surface area contributed by atoms with Gasteiger partial charge >= 0.3 is 0 Å². The Balaban J connectivity index is 1.32. The maximum absolute atomic E-state index is 13.0. The maximum atomic E-state index is 13.0. The van der Waals surface area contributed by atoms with Crippen molar-refractivity contribution in [1.29, 1.82) is 0 Å². The number of rotatable bonds is 8. The molecule has 2 fully saturated rings. The van der Waals surface area contributed by atoms with E-state index in [0.29, 0.717) is 35.3 Å². The van der Waals surface area contributed by atoms with Gasteiger partial charge in [-0.3, -0.25) is 19.1 Å². The van der Waals surface area contributed by atoms with Crippen LogP contribution in [0.5, 0.6) is 0 Å². The van der Waals surface area contributed by atoms with Gasteiger partial charge in [0.15, 0.2) is 5.65 Å². The molecule has 9 nitrogen and oxygen atoms in total. The Morgan fingerprint density at radius 2 is 1.78 bits per heavy atom. The van der Waals surface area contributed by atoms with E-state index in [0.717, 1.165) is 50.5 Å². The lowest BCUT2D eigenvalue weighted by atomic mass is 9.89. The molecule has 0 spiro atoms. The molecule has 5 rings (SSSR count). The zero-order valence-corrected chi connectivity index (χ0v) is 21.5. The lowest BCUT2D eigenvalue weighted by Gasteiger charge is -2.26. The van der Waals surface area contributed by atoms with Crippen LogP contribution in [0.1, 0.15) is 48.2 Å². The van der Waals surface area contributed by atoms with Gasteiger partial charge in [-0.15, -0.1) is 0 Å². The van der Waals surface area contributed by atoms with Crippen LogP contribution < -0.4 is 16.2 Å². The summed E-state index contributed by atoms with van der Waals surface area (Å²) in [7, 11) is 0. The summed E-state index contributed by atoms with van der Waals surface area (Å²) in [5.74, 6) is 0.995. The molecule has 1 amide bonds. The average molecular weight is 505 g/mol. The Hall–Kier alpha value is -3.30. The number of anilines is 1. The molecule has 2 aliphatic rings. The first-order valence-corrected chi connectivity index (χ1v) is 13.4. The molecule has 2 aromatic heterocycles. The van der Waals surface area contributed by atoms with E-state index < -0.39 is 0 Å². The molecule has 196 valence electrons. The molecule has 0 radical (unpaired) electrons. The topological polar surface area (TPSA) is 101 Å². The van der Waals surface area contributed by atoms with E-state index in [9.17, 15) is 9.59 Å². The number of pyridine rings is 1. The highest BCUT2D eigenvalue weighted by molar-refractivity contribution is 5.94. The number of aryl methyl sites for hydroxylation is 1. The minimum Gasteiger partial charge on any atom is -0.379 e. The molecule has 1 aliphatic heterocycles. The number of hydrogen-bond acceptors (Lipinski definition) is 7. The molecule has 0 bridgehead atoms. The van der Waals surface area contributed by atoms with Gasteiger partial charge in [-0.1, -0.05) is 19.3 Å². The van der Waals surface area contributed by atoms with Crippen LogP contribution in [0.15, 0.2) is 41.2 Å². The second-order valence-electron chi connectivity index (χ2n) is 10.0. The zero-order chi connectivity index (χ0) is 25.6. The first-order chi connectivity index (χ1) is 18.1. The van der Waals surface area contributed by atoms with E-state index in [1.807, 2.05) is 6.92 Å². The maximum Gasteiger partial charge on any atom is 0.256 e. The molecule has 1 aromatic carbocycles. The molecular weight excluding hydrogens is 468 g/mol. The summed E-state index contributed by atoms with van der Waals surface area (Å²) in [5, 5.41) is 7.21. The Bertz CT molecular complexity index is 1280. The fourth-order valence-corrected chi connectivity index (χ4v) is 5.24. The molecular formula is C28H36N6O3. The van der Waals surface area contributed by atoms with E-state index >= 15 is 0 Å². The van der Waals surface area contributed by atoms with Gasteiger partial charge in [0.05, 0.1) is 24.6 Å². The summed E-state index contributed by atoms with van der Waals surface area (Å²) in [6, 6.07) is 10.5. The molecule has 0 unspecified atom stereocenters. The lowest BCUT2D eigenvalue weighted by Crippen LogP contribution is -2.39. The highest BCUT2D eigenvalue weighted by atomic mass is 16.5. The van der Waals surface area contributed by atoms with Crippen LogP contribution in [-0.2, 0) is 4.74 Å². The van der Waals surface area contributed by atoms with Crippen molar-refractivity contribution in [3.8, 4) is 5.69 Å². The van der Waals surface area contributed by atoms with E-state index in [1.54, 1.807) is 34.9 Å². The molecule has 1 saturated carbocycles. The number of benzene rings is 1. The quantitative estimate of drug-likeness (QED) is 0.486. The summed E-state index contributed by atoms with van der Waals surface area (Å²) in [6.45, 7) is 7.59. The Labute approximate surface area is 217 Å². The molecule has 2 N–H and O–H groups in total. The average Bonchev–Trinajstić information content (AvgIpc) is 2.93. The second-order valence-corrected chi connectivity index (χ2v) is 10.0. The summed E-state index contributed by atoms with van der Waals surface area (Å²) in [5.41, 5.74) is 2.41. The van der Waals surface area contributed by atoms with Gasteiger partial charge < -0.3 is 15.4 Å². The van der Waals surface area contributed by atoms with Crippen molar-refractivity contribution in [2.75, 3.05) is 51.3 Å². The Morgan fingerprint density at radius 3 is 2.54 bits per heavy atom. The predicted octanol–water partition coefficient (Wildman–Crippen LogP) is 3.14. The fourth-order valence-electron chi connectivity index (χ4n) is 5.24. The van der Waals surface area contributed by atoms with Gasteiger partial charge in [-0.25, -0.2) is 4.98 Å². The molecule has 0 atom stereocenters. The highest BCUT2D eigenvalue weighted by Crippen LogP contribution is 2.23. The number of nitrogens with one attached hydrogen (secondary N) is 2. The van der Waals surface area contributed by atoms with Crippen LogP contribution in [0, 0.1) is 12.8 Å². The van der Waals surface area contributed by atoms with Crippen molar-refractivity contribution in [2.24, 2.45) is 5.92 Å². The van der Waals surface area contributed by atoms with Crippen LogP contribution in [0.3, 0.4) is 0 Å². The van der Waals surface area contributed by atoms with Gasteiger partial charge in [0, 0.05) is 49.7 Å². The molecule has 37 heavy (non-hydrogen) atoms. The Morgan fingerprint density at radius 1 is 1.03 bits per heavy atom. The minimum atomic E-state index is -0.181. The number of fused-ring (bicyclic) bond motifs is 1. The van der Waals surface area contributed by atoms with Crippen molar-refractivity contribution >= 4 is 22.9 Å². The number of morpholine rings is 1. The molecule has 1 saturated heterocycles. The van der Waals surface area contributed by atoms with Gasteiger partial charge in [0.2, 0.25) is 5.95 Å². The first-order valence-electron chi connectivity index (χ1n) is 13.4. The third-order valence-electron chi connectivity index (χ3n) is 7.42. The van der Waals surface area contributed by atoms with Crippen molar-refractivity contribution in [2.45, 2.75) is 39.0 Å². The SMILES string of the molecule is Cc1nc(NCCN2CCOCC2)nc2c1ccc(=O)n2-c1ccc(C(=O)NCC2CCCCC2)cc1. The van der Waals surface area contributed by atoms with Gasteiger partial charge in [-0.2, -0.15) is 4.98 Å². The van der Waals surface area contributed by atoms with Crippen molar-refractivity contribution in [3.05, 3.63) is 58.0 Å². The molecule has 3 heterocycles. The van der Waals surface area contributed by atoms with Gasteiger partial charge in [-0.05, 0) is 56.0 Å². The van der Waals surface area contributed by atoms with Crippen LogP contribution in [0.25, 0.3) is 16.7 Å². The van der Waals surface area contributed by atoms with Crippen molar-refractivity contribution < 1.29 is 9.53 Å². The summed E-state index contributed by atoms with van der Waals surface area (Å²) in [6.07, 6.45) is 6.19. The predicted molar refractivity (Wildman–Crippen MR) is 145 cm³/mol. The number of aromatic nitrogens is 3. The molecule has 1 aliphatic carbocycles. The Kier molecular flexibility index (Phi) is 8.11. The van der Waals surface area contributed by atoms with Gasteiger partial charge in [0.25, 0.3) is 11.5 Å². The number of hydrogen-bond donors (Lipinski definition) is 2. The number of nitrogens with zero attached hydrogens (tertiary/aromatic N) is 4.